The minimum atomic E-state index is -1.18. The molecule has 1 aromatic heterocycles. The van der Waals surface area contributed by atoms with Gasteiger partial charge in [-0.05, 0) is 58.7 Å². The minimum absolute atomic E-state index is 0.0158. The molecule has 3 aromatic rings. The van der Waals surface area contributed by atoms with Gasteiger partial charge in [0.15, 0.2) is 0 Å². The number of nitro benzene ring substituents is 1. The van der Waals surface area contributed by atoms with Crippen molar-refractivity contribution in [1.82, 2.24) is 9.88 Å². The van der Waals surface area contributed by atoms with E-state index in [-0.39, 0.29) is 24.2 Å². The largest absolute Gasteiger partial charge is 0.459 e. The highest BCUT2D eigenvalue weighted by Gasteiger charge is 2.29. The number of hydrogen-bond acceptors (Lipinski definition) is 8. The van der Waals surface area contributed by atoms with Crippen LogP contribution in [0.1, 0.15) is 52.7 Å². The third-order valence-corrected chi connectivity index (χ3v) is 5.30. The highest BCUT2D eigenvalue weighted by atomic mass is 16.6. The minimum Gasteiger partial charge on any atom is -0.459 e. The first kappa shape index (κ1) is 29.2. The molecule has 0 fully saturated rings. The lowest BCUT2D eigenvalue weighted by Crippen LogP contribution is -2.45. The maximum atomic E-state index is 13.1. The van der Waals surface area contributed by atoms with Crippen molar-refractivity contribution in [2.75, 3.05) is 0 Å². The molecule has 0 saturated carbocycles. The smallest absolute Gasteiger partial charge is 0.419 e. The number of amides is 1. The first-order valence-electron chi connectivity index (χ1n) is 12.3. The summed E-state index contributed by atoms with van der Waals surface area (Å²) in [6.07, 6.45) is -0.216. The molecule has 2 aromatic carbocycles. The van der Waals surface area contributed by atoms with Gasteiger partial charge in [0.05, 0.1) is 10.4 Å². The summed E-state index contributed by atoms with van der Waals surface area (Å²) >= 11 is 0. The number of ether oxygens (including phenoxy) is 3. The standard InChI is InChI=1S/C28H33N3O8/c1-27(2,3)38-25(33)29-22(24(32)37-17-18-10-8-7-9-11-18)14-19-16-30(26(34)39-28(4,5)6)23-15-20(31(35)36)12-13-21(19)23/h7-13,15-16,22H,14,17H2,1-6H3,(H,29,33)/t22-/m0/s1. The summed E-state index contributed by atoms with van der Waals surface area (Å²) in [6, 6.07) is 11.9. The SMILES string of the molecule is CC(C)(C)OC(=O)N[C@@H](Cc1cn(C(=O)OC(C)(C)C)c2cc([N+](=O)[O-])ccc12)C(=O)OCc1ccccc1. The quantitative estimate of drug-likeness (QED) is 0.179. The van der Waals surface area contributed by atoms with Gasteiger partial charge in [-0.3, -0.25) is 14.7 Å². The number of nitrogens with one attached hydrogen (secondary N) is 1. The van der Waals surface area contributed by atoms with Gasteiger partial charge in [-0.25, -0.2) is 14.4 Å². The number of nitrogens with zero attached hydrogens (tertiary/aromatic N) is 2. The van der Waals surface area contributed by atoms with Crippen molar-refractivity contribution >= 4 is 34.7 Å². The van der Waals surface area contributed by atoms with Crippen molar-refractivity contribution in [3.8, 4) is 0 Å². The molecular weight excluding hydrogens is 506 g/mol. The normalized spacial score (nSPS) is 12.5. The number of fused-ring (bicyclic) bond motifs is 1. The Morgan fingerprint density at radius 3 is 2.21 bits per heavy atom. The molecule has 11 nitrogen and oxygen atoms in total. The van der Waals surface area contributed by atoms with E-state index in [2.05, 4.69) is 5.32 Å². The maximum Gasteiger partial charge on any atom is 0.419 e. The second kappa shape index (κ2) is 11.5. The lowest BCUT2D eigenvalue weighted by atomic mass is 10.0. The van der Waals surface area contributed by atoms with E-state index in [1.165, 1.54) is 24.4 Å². The van der Waals surface area contributed by atoms with Crippen LogP contribution in [-0.2, 0) is 32.0 Å². The monoisotopic (exact) mass is 539 g/mol. The van der Waals surface area contributed by atoms with Crippen molar-refractivity contribution in [3.05, 3.63) is 76.0 Å². The highest BCUT2D eigenvalue weighted by molar-refractivity contribution is 5.94. The van der Waals surface area contributed by atoms with Crippen LogP contribution in [0.2, 0.25) is 0 Å². The number of non-ortho nitro benzene ring substituents is 1. The zero-order valence-electron chi connectivity index (χ0n) is 22.8. The van der Waals surface area contributed by atoms with Crippen LogP contribution in [0.5, 0.6) is 0 Å². The Balaban J connectivity index is 1.98. The van der Waals surface area contributed by atoms with Crippen molar-refractivity contribution < 1.29 is 33.5 Å². The van der Waals surface area contributed by atoms with E-state index in [4.69, 9.17) is 14.2 Å². The number of benzene rings is 2. The van der Waals surface area contributed by atoms with Crippen molar-refractivity contribution in [2.45, 2.75) is 71.8 Å². The summed E-state index contributed by atoms with van der Waals surface area (Å²) in [5.74, 6) is -0.718. The Kier molecular flexibility index (Phi) is 8.63. The molecule has 3 rings (SSSR count). The molecule has 1 amide bonds. The fourth-order valence-electron chi connectivity index (χ4n) is 3.72. The number of esters is 1. The molecule has 0 saturated heterocycles. The second-order valence-corrected chi connectivity index (χ2v) is 11.0. The molecule has 1 heterocycles. The van der Waals surface area contributed by atoms with E-state index in [9.17, 15) is 24.5 Å². The van der Waals surface area contributed by atoms with E-state index in [0.29, 0.717) is 10.9 Å². The molecule has 0 bridgehead atoms. The van der Waals surface area contributed by atoms with Crippen molar-refractivity contribution in [2.24, 2.45) is 0 Å². The van der Waals surface area contributed by atoms with Gasteiger partial charge in [-0.1, -0.05) is 30.3 Å². The zero-order chi connectivity index (χ0) is 29.0. The van der Waals surface area contributed by atoms with Gasteiger partial charge in [-0.15, -0.1) is 0 Å². The third-order valence-electron chi connectivity index (χ3n) is 5.30. The molecule has 0 spiro atoms. The predicted octanol–water partition coefficient (Wildman–Crippen LogP) is 5.51. The van der Waals surface area contributed by atoms with Gasteiger partial charge in [0.2, 0.25) is 0 Å². The number of aromatic nitrogens is 1. The van der Waals surface area contributed by atoms with Crippen LogP contribution in [0.25, 0.3) is 10.9 Å². The molecule has 11 heteroatoms. The van der Waals surface area contributed by atoms with Crippen LogP contribution in [0.3, 0.4) is 0 Å². The lowest BCUT2D eigenvalue weighted by Gasteiger charge is -2.23. The molecule has 39 heavy (non-hydrogen) atoms. The van der Waals surface area contributed by atoms with Gasteiger partial charge >= 0.3 is 18.2 Å². The Morgan fingerprint density at radius 2 is 1.62 bits per heavy atom. The lowest BCUT2D eigenvalue weighted by molar-refractivity contribution is -0.384. The maximum absolute atomic E-state index is 13.1. The first-order chi connectivity index (χ1) is 18.1. The molecule has 0 unspecified atom stereocenters. The van der Waals surface area contributed by atoms with Crippen LogP contribution < -0.4 is 5.32 Å². The average Bonchev–Trinajstić information content (AvgIpc) is 3.18. The topological polar surface area (TPSA) is 139 Å². The molecule has 0 aliphatic heterocycles. The third kappa shape index (κ3) is 8.29. The first-order valence-corrected chi connectivity index (χ1v) is 12.3. The zero-order valence-corrected chi connectivity index (χ0v) is 22.8. The number of alkyl carbamates (subject to hydrolysis) is 1. The summed E-state index contributed by atoms with van der Waals surface area (Å²) < 4.78 is 17.4. The summed E-state index contributed by atoms with van der Waals surface area (Å²) in [5, 5.41) is 14.4. The number of hydrogen-bond donors (Lipinski definition) is 1. The van der Waals surface area contributed by atoms with Crippen molar-refractivity contribution in [1.29, 1.82) is 0 Å². The number of rotatable bonds is 7. The predicted molar refractivity (Wildman–Crippen MR) is 143 cm³/mol. The fraction of sp³-hybridized carbons (Fsp3) is 0.393. The highest BCUT2D eigenvalue weighted by Crippen LogP contribution is 2.28. The van der Waals surface area contributed by atoms with Crippen LogP contribution in [-0.4, -0.2) is 44.9 Å². The summed E-state index contributed by atoms with van der Waals surface area (Å²) in [4.78, 5) is 49.6. The molecular formula is C28H33N3O8. The van der Waals surface area contributed by atoms with Crippen molar-refractivity contribution in [3.63, 3.8) is 0 Å². The van der Waals surface area contributed by atoms with Crippen LogP contribution >= 0.6 is 0 Å². The van der Waals surface area contributed by atoms with E-state index in [1.54, 1.807) is 53.7 Å². The van der Waals surface area contributed by atoms with Gasteiger partial charge in [0.1, 0.15) is 23.9 Å². The Labute approximate surface area is 226 Å². The van der Waals surface area contributed by atoms with E-state index >= 15 is 0 Å². The average molecular weight is 540 g/mol. The van der Waals surface area contributed by atoms with Gasteiger partial charge in [-0.2, -0.15) is 0 Å². The van der Waals surface area contributed by atoms with Crippen LogP contribution in [0.4, 0.5) is 15.3 Å². The number of nitro groups is 1. The van der Waals surface area contributed by atoms with Gasteiger partial charge in [0.25, 0.3) is 5.69 Å². The van der Waals surface area contributed by atoms with Gasteiger partial charge < -0.3 is 19.5 Å². The summed E-state index contributed by atoms with van der Waals surface area (Å²) in [7, 11) is 0. The van der Waals surface area contributed by atoms with Gasteiger partial charge in [0, 0.05) is 30.1 Å². The van der Waals surface area contributed by atoms with E-state index < -0.39 is 40.3 Å². The Bertz CT molecular complexity index is 1370. The molecule has 0 aliphatic rings. The molecule has 0 radical (unpaired) electrons. The Morgan fingerprint density at radius 1 is 0.974 bits per heavy atom. The fourth-order valence-corrected chi connectivity index (χ4v) is 3.72. The van der Waals surface area contributed by atoms with E-state index in [1.807, 2.05) is 18.2 Å². The molecule has 1 N–H and O–H groups in total. The molecule has 208 valence electrons. The van der Waals surface area contributed by atoms with Crippen LogP contribution in [0, 0.1) is 10.1 Å². The molecule has 1 atom stereocenters. The number of carbonyl (C=O) groups excluding carboxylic acids is 3. The molecule has 0 aliphatic carbocycles. The number of carbonyl (C=O) groups is 3. The summed E-state index contributed by atoms with van der Waals surface area (Å²) in [6.45, 7) is 10.2. The Hall–Kier alpha value is -4.41. The summed E-state index contributed by atoms with van der Waals surface area (Å²) in [5.41, 5.74) is -0.408. The van der Waals surface area contributed by atoms with E-state index in [0.717, 1.165) is 10.1 Å². The van der Waals surface area contributed by atoms with Crippen LogP contribution in [0.15, 0.2) is 54.7 Å². The second-order valence-electron chi connectivity index (χ2n) is 11.0.